The molecule has 1 aliphatic rings. The lowest BCUT2D eigenvalue weighted by atomic mass is 9.72. The number of benzene rings is 2. The standard InChI is InChI=1S/C24H28N2O4/c1-24(2)11-10-21(27)19-12-15(4-9-20(19)24)14-30-17-7-5-16(6-8-17)18(13-22(28)29)23(25)26-3/h4-9,12,18H,10-11,13-14H2,1-3H3,(H2,25,26)(H,28,29). The number of carboxylic acid groups (broad SMARTS) is 1. The molecule has 1 aliphatic carbocycles. The van der Waals surface area contributed by atoms with E-state index >= 15 is 0 Å². The smallest absolute Gasteiger partial charge is 0.304 e. The Morgan fingerprint density at radius 1 is 1.23 bits per heavy atom. The van der Waals surface area contributed by atoms with Crippen LogP contribution >= 0.6 is 0 Å². The van der Waals surface area contributed by atoms with Crippen molar-refractivity contribution in [2.75, 3.05) is 7.05 Å². The topological polar surface area (TPSA) is 102 Å². The predicted molar refractivity (Wildman–Crippen MR) is 116 cm³/mol. The summed E-state index contributed by atoms with van der Waals surface area (Å²) in [5.41, 5.74) is 9.51. The fourth-order valence-electron chi connectivity index (χ4n) is 3.88. The number of amidine groups is 1. The van der Waals surface area contributed by atoms with Gasteiger partial charge >= 0.3 is 5.97 Å². The maximum atomic E-state index is 12.4. The minimum absolute atomic E-state index is 0.00852. The lowest BCUT2D eigenvalue weighted by Gasteiger charge is -2.31. The molecule has 30 heavy (non-hydrogen) atoms. The van der Waals surface area contributed by atoms with Crippen molar-refractivity contribution in [3.05, 3.63) is 64.7 Å². The summed E-state index contributed by atoms with van der Waals surface area (Å²) < 4.78 is 5.88. The molecule has 0 aliphatic heterocycles. The van der Waals surface area contributed by atoms with Crippen molar-refractivity contribution in [3.8, 4) is 5.75 Å². The van der Waals surface area contributed by atoms with Crippen molar-refractivity contribution in [1.29, 1.82) is 0 Å². The molecule has 0 fully saturated rings. The molecule has 3 rings (SSSR count). The molecule has 1 atom stereocenters. The van der Waals surface area contributed by atoms with Crippen LogP contribution in [0.5, 0.6) is 5.75 Å². The lowest BCUT2D eigenvalue weighted by molar-refractivity contribution is -0.137. The zero-order valence-electron chi connectivity index (χ0n) is 17.6. The number of hydrogen-bond acceptors (Lipinski definition) is 4. The van der Waals surface area contributed by atoms with Crippen LogP contribution in [0, 0.1) is 0 Å². The first-order valence-electron chi connectivity index (χ1n) is 10.0. The molecule has 158 valence electrons. The summed E-state index contributed by atoms with van der Waals surface area (Å²) >= 11 is 0. The number of nitrogens with zero attached hydrogens (tertiary/aromatic N) is 1. The molecular formula is C24H28N2O4. The van der Waals surface area contributed by atoms with Gasteiger partial charge in [0.15, 0.2) is 5.78 Å². The van der Waals surface area contributed by atoms with Crippen LogP contribution in [-0.4, -0.2) is 29.7 Å². The Kier molecular flexibility index (Phi) is 6.25. The van der Waals surface area contributed by atoms with Crippen molar-refractivity contribution >= 4 is 17.6 Å². The Morgan fingerprint density at radius 3 is 2.57 bits per heavy atom. The van der Waals surface area contributed by atoms with Crippen LogP contribution in [0.2, 0.25) is 0 Å². The van der Waals surface area contributed by atoms with E-state index < -0.39 is 11.9 Å². The van der Waals surface area contributed by atoms with Gasteiger partial charge in [-0.1, -0.05) is 38.1 Å². The summed E-state index contributed by atoms with van der Waals surface area (Å²) in [4.78, 5) is 27.4. The number of carbonyl (C=O) groups is 2. The van der Waals surface area contributed by atoms with Crippen LogP contribution in [0.3, 0.4) is 0 Å². The number of Topliss-reactive ketones (excluding diaryl/α,β-unsaturated/α-hetero) is 1. The Bertz CT molecular complexity index is 977. The average Bonchev–Trinajstić information content (AvgIpc) is 2.73. The molecule has 2 aromatic rings. The van der Waals surface area contributed by atoms with Crippen LogP contribution in [-0.2, 0) is 16.8 Å². The predicted octanol–water partition coefficient (Wildman–Crippen LogP) is 4.07. The van der Waals surface area contributed by atoms with E-state index in [1.807, 2.05) is 18.2 Å². The lowest BCUT2D eigenvalue weighted by Crippen LogP contribution is -2.27. The highest BCUT2D eigenvalue weighted by atomic mass is 16.5. The fourth-order valence-corrected chi connectivity index (χ4v) is 3.88. The zero-order chi connectivity index (χ0) is 21.9. The van der Waals surface area contributed by atoms with Crippen LogP contribution < -0.4 is 10.5 Å². The number of carbonyl (C=O) groups excluding carboxylic acids is 1. The maximum Gasteiger partial charge on any atom is 0.304 e. The molecule has 6 heteroatoms. The number of ketones is 1. The molecule has 0 aromatic heterocycles. The molecular weight excluding hydrogens is 380 g/mol. The monoisotopic (exact) mass is 408 g/mol. The van der Waals surface area contributed by atoms with Gasteiger partial charge in [0.05, 0.1) is 12.3 Å². The first-order chi connectivity index (χ1) is 14.2. The molecule has 1 unspecified atom stereocenters. The molecule has 0 heterocycles. The van der Waals surface area contributed by atoms with E-state index in [0.717, 1.165) is 28.7 Å². The second-order valence-electron chi connectivity index (χ2n) is 8.34. The summed E-state index contributed by atoms with van der Waals surface area (Å²) in [6.07, 6.45) is 1.33. The number of rotatable bonds is 7. The zero-order valence-corrected chi connectivity index (χ0v) is 17.6. The van der Waals surface area contributed by atoms with Gasteiger partial charge in [0.25, 0.3) is 0 Å². The summed E-state index contributed by atoms with van der Waals surface area (Å²) in [6.45, 7) is 4.69. The fraction of sp³-hybridized carbons (Fsp3) is 0.375. The van der Waals surface area contributed by atoms with E-state index in [1.54, 1.807) is 31.3 Å². The normalized spacial score (nSPS) is 16.6. The number of aliphatic imine (C=N–C) groups is 1. The van der Waals surface area contributed by atoms with E-state index in [9.17, 15) is 9.59 Å². The summed E-state index contributed by atoms with van der Waals surface area (Å²) in [5, 5.41) is 9.13. The number of hydrogen-bond donors (Lipinski definition) is 2. The molecule has 0 spiro atoms. The van der Waals surface area contributed by atoms with Gasteiger partial charge in [0, 0.05) is 19.0 Å². The SMILES string of the molecule is CN=C(N)C(CC(=O)O)c1ccc(OCc2ccc3c(c2)C(=O)CCC3(C)C)cc1. The second kappa shape index (κ2) is 8.69. The van der Waals surface area contributed by atoms with Gasteiger partial charge in [-0.15, -0.1) is 0 Å². The van der Waals surface area contributed by atoms with Gasteiger partial charge in [-0.25, -0.2) is 0 Å². The van der Waals surface area contributed by atoms with Gasteiger partial charge in [-0.05, 0) is 46.7 Å². The minimum Gasteiger partial charge on any atom is -0.489 e. The number of aliphatic carboxylic acids is 1. The van der Waals surface area contributed by atoms with E-state index in [-0.39, 0.29) is 23.5 Å². The van der Waals surface area contributed by atoms with Gasteiger partial charge in [-0.2, -0.15) is 0 Å². The third-order valence-corrected chi connectivity index (χ3v) is 5.77. The van der Waals surface area contributed by atoms with Gasteiger partial charge in [0.1, 0.15) is 18.2 Å². The summed E-state index contributed by atoms with van der Waals surface area (Å²) in [7, 11) is 1.55. The highest BCUT2D eigenvalue weighted by molar-refractivity contribution is 5.99. The summed E-state index contributed by atoms with van der Waals surface area (Å²) in [5.74, 6) is -0.277. The summed E-state index contributed by atoms with van der Waals surface area (Å²) in [6, 6.07) is 13.2. The number of ether oxygens (including phenoxy) is 1. The average molecular weight is 408 g/mol. The Hall–Kier alpha value is -3.15. The van der Waals surface area contributed by atoms with Crippen LogP contribution in [0.4, 0.5) is 0 Å². The molecule has 3 N–H and O–H groups in total. The van der Waals surface area contributed by atoms with Gasteiger partial charge in [0.2, 0.25) is 0 Å². The Morgan fingerprint density at radius 2 is 1.93 bits per heavy atom. The highest BCUT2D eigenvalue weighted by Gasteiger charge is 2.31. The third kappa shape index (κ3) is 4.70. The van der Waals surface area contributed by atoms with Crippen molar-refractivity contribution in [3.63, 3.8) is 0 Å². The molecule has 6 nitrogen and oxygen atoms in total. The van der Waals surface area contributed by atoms with E-state index in [0.29, 0.717) is 18.8 Å². The second-order valence-corrected chi connectivity index (χ2v) is 8.34. The van der Waals surface area contributed by atoms with Gasteiger partial charge < -0.3 is 15.6 Å². The third-order valence-electron chi connectivity index (χ3n) is 5.77. The van der Waals surface area contributed by atoms with Crippen molar-refractivity contribution in [1.82, 2.24) is 0 Å². The van der Waals surface area contributed by atoms with Gasteiger partial charge in [-0.3, -0.25) is 14.6 Å². The van der Waals surface area contributed by atoms with E-state index in [2.05, 4.69) is 18.8 Å². The molecule has 0 radical (unpaired) electrons. The van der Waals surface area contributed by atoms with Crippen LogP contribution in [0.1, 0.15) is 66.1 Å². The Balaban J connectivity index is 1.72. The Labute approximate surface area is 176 Å². The van der Waals surface area contributed by atoms with Crippen LogP contribution in [0.25, 0.3) is 0 Å². The first-order valence-corrected chi connectivity index (χ1v) is 10.0. The number of carboxylic acids is 1. The number of nitrogens with two attached hydrogens (primary N) is 1. The molecule has 0 amide bonds. The van der Waals surface area contributed by atoms with Crippen LogP contribution in [0.15, 0.2) is 47.5 Å². The largest absolute Gasteiger partial charge is 0.489 e. The molecule has 2 aromatic carbocycles. The van der Waals surface area contributed by atoms with Crippen molar-refractivity contribution in [2.24, 2.45) is 10.7 Å². The number of fused-ring (bicyclic) bond motifs is 1. The maximum absolute atomic E-state index is 12.4. The molecule has 0 saturated carbocycles. The molecule has 0 saturated heterocycles. The van der Waals surface area contributed by atoms with E-state index in [1.165, 1.54) is 0 Å². The van der Waals surface area contributed by atoms with E-state index in [4.69, 9.17) is 15.6 Å². The van der Waals surface area contributed by atoms with Crippen molar-refractivity contribution < 1.29 is 19.4 Å². The minimum atomic E-state index is -0.933. The molecule has 0 bridgehead atoms. The highest BCUT2D eigenvalue weighted by Crippen LogP contribution is 2.37. The first kappa shape index (κ1) is 21.6. The van der Waals surface area contributed by atoms with Crippen molar-refractivity contribution in [2.45, 2.75) is 51.0 Å². The quantitative estimate of drug-likeness (QED) is 0.531.